The summed E-state index contributed by atoms with van der Waals surface area (Å²) in [5, 5.41) is 3.58. The number of rotatable bonds is 7. The largest absolute Gasteiger partial charge is 0.311 e. The first-order chi connectivity index (χ1) is 6.11. The number of nitrogens with one attached hydrogen (secondary N) is 1. The summed E-state index contributed by atoms with van der Waals surface area (Å²) in [4.78, 5) is 0. The summed E-state index contributed by atoms with van der Waals surface area (Å²) in [5.74, 6) is 0.658. The molecule has 0 aromatic rings. The van der Waals surface area contributed by atoms with Gasteiger partial charge in [0, 0.05) is 12.1 Å². The first kappa shape index (κ1) is 12.4. The Balaban J connectivity index is 3.92. The predicted octanol–water partition coefficient (Wildman–Crippen LogP) is 3.14. The van der Waals surface area contributed by atoms with E-state index in [1.54, 1.807) is 0 Å². The molecule has 2 unspecified atom stereocenters. The van der Waals surface area contributed by atoms with Crippen LogP contribution in [0.4, 0.5) is 0 Å². The third-order valence-electron chi connectivity index (χ3n) is 2.24. The lowest BCUT2D eigenvalue weighted by molar-refractivity contribution is 0.363. The van der Waals surface area contributed by atoms with Crippen LogP contribution in [0, 0.1) is 5.92 Å². The van der Waals surface area contributed by atoms with E-state index in [0.717, 1.165) is 12.8 Å². The fraction of sp³-hybridized carbons (Fsp3) is 0.667. The van der Waals surface area contributed by atoms with Gasteiger partial charge in [0.15, 0.2) is 0 Å². The van der Waals surface area contributed by atoms with Crippen LogP contribution >= 0.6 is 0 Å². The zero-order chi connectivity index (χ0) is 10.3. The van der Waals surface area contributed by atoms with Gasteiger partial charge in [0.05, 0.1) is 0 Å². The molecule has 0 aromatic heterocycles. The number of hydrogen-bond donors (Lipinski definition) is 1. The lowest BCUT2D eigenvalue weighted by Gasteiger charge is -2.24. The Kier molecular flexibility index (Phi) is 6.61. The van der Waals surface area contributed by atoms with Gasteiger partial charge < -0.3 is 5.32 Å². The van der Waals surface area contributed by atoms with Crippen molar-refractivity contribution < 1.29 is 0 Å². The minimum absolute atomic E-state index is 0.518. The van der Waals surface area contributed by atoms with E-state index in [4.69, 9.17) is 0 Å². The summed E-state index contributed by atoms with van der Waals surface area (Å²) < 4.78 is 0. The van der Waals surface area contributed by atoms with Crippen molar-refractivity contribution in [2.45, 2.75) is 45.7 Å². The SMILES string of the molecule is C=CCC(C)NC(CC=C)C(C)C. The first-order valence-corrected chi connectivity index (χ1v) is 5.09. The standard InChI is InChI=1S/C12H23N/c1-6-8-11(5)13-12(9-7-2)10(3)4/h6-7,10-13H,1-2,8-9H2,3-5H3. The second-order valence-corrected chi connectivity index (χ2v) is 3.97. The minimum Gasteiger partial charge on any atom is -0.311 e. The van der Waals surface area contributed by atoms with E-state index in [9.17, 15) is 0 Å². The second-order valence-electron chi connectivity index (χ2n) is 3.97. The van der Waals surface area contributed by atoms with E-state index in [0.29, 0.717) is 18.0 Å². The van der Waals surface area contributed by atoms with Crippen molar-refractivity contribution in [1.82, 2.24) is 5.32 Å². The molecule has 0 saturated carbocycles. The van der Waals surface area contributed by atoms with Gasteiger partial charge in [0.1, 0.15) is 0 Å². The summed E-state index contributed by atoms with van der Waals surface area (Å²) >= 11 is 0. The molecule has 1 heteroatoms. The Morgan fingerprint density at radius 2 is 1.62 bits per heavy atom. The van der Waals surface area contributed by atoms with Crippen molar-refractivity contribution >= 4 is 0 Å². The molecule has 1 N–H and O–H groups in total. The zero-order valence-electron chi connectivity index (χ0n) is 9.22. The smallest absolute Gasteiger partial charge is 0.0127 e. The monoisotopic (exact) mass is 181 g/mol. The van der Waals surface area contributed by atoms with Crippen molar-refractivity contribution in [3.8, 4) is 0 Å². The maximum atomic E-state index is 3.78. The Bertz CT molecular complexity index is 149. The Morgan fingerprint density at radius 1 is 1.08 bits per heavy atom. The molecule has 0 bridgehead atoms. The topological polar surface area (TPSA) is 12.0 Å². The summed E-state index contributed by atoms with van der Waals surface area (Å²) in [5.41, 5.74) is 0. The molecule has 0 amide bonds. The van der Waals surface area contributed by atoms with Crippen LogP contribution in [-0.2, 0) is 0 Å². The van der Waals surface area contributed by atoms with Gasteiger partial charge in [-0.2, -0.15) is 0 Å². The van der Waals surface area contributed by atoms with E-state index >= 15 is 0 Å². The van der Waals surface area contributed by atoms with Crippen molar-refractivity contribution in [3.63, 3.8) is 0 Å². The zero-order valence-corrected chi connectivity index (χ0v) is 9.22. The lowest BCUT2D eigenvalue weighted by atomic mass is 9.99. The van der Waals surface area contributed by atoms with Gasteiger partial charge in [-0.25, -0.2) is 0 Å². The fourth-order valence-corrected chi connectivity index (χ4v) is 1.40. The van der Waals surface area contributed by atoms with Crippen LogP contribution in [0.3, 0.4) is 0 Å². The molecule has 0 aromatic carbocycles. The maximum absolute atomic E-state index is 3.78. The third kappa shape index (κ3) is 5.64. The van der Waals surface area contributed by atoms with Gasteiger partial charge in [-0.15, -0.1) is 13.2 Å². The summed E-state index contributed by atoms with van der Waals surface area (Å²) in [6.45, 7) is 14.2. The molecule has 0 spiro atoms. The van der Waals surface area contributed by atoms with Gasteiger partial charge in [0.25, 0.3) is 0 Å². The van der Waals surface area contributed by atoms with Crippen LogP contribution in [0.2, 0.25) is 0 Å². The van der Waals surface area contributed by atoms with Crippen molar-refractivity contribution in [2.75, 3.05) is 0 Å². The molecule has 1 nitrogen and oxygen atoms in total. The molecule has 0 aliphatic rings. The Labute approximate surface area is 82.9 Å². The lowest BCUT2D eigenvalue weighted by Crippen LogP contribution is -2.39. The molecule has 0 aliphatic heterocycles. The minimum atomic E-state index is 0.518. The van der Waals surface area contributed by atoms with Gasteiger partial charge in [-0.3, -0.25) is 0 Å². The van der Waals surface area contributed by atoms with Gasteiger partial charge in [-0.1, -0.05) is 26.0 Å². The molecule has 13 heavy (non-hydrogen) atoms. The molecule has 0 radical (unpaired) electrons. The Hall–Kier alpha value is -0.560. The van der Waals surface area contributed by atoms with Crippen molar-refractivity contribution in [3.05, 3.63) is 25.3 Å². The molecular weight excluding hydrogens is 158 g/mol. The molecule has 0 rings (SSSR count). The summed E-state index contributed by atoms with van der Waals surface area (Å²) in [7, 11) is 0. The average molecular weight is 181 g/mol. The van der Waals surface area contributed by atoms with Gasteiger partial charge in [0.2, 0.25) is 0 Å². The predicted molar refractivity (Wildman–Crippen MR) is 60.9 cm³/mol. The molecule has 76 valence electrons. The van der Waals surface area contributed by atoms with E-state index in [1.165, 1.54) is 0 Å². The van der Waals surface area contributed by atoms with Crippen LogP contribution in [0.25, 0.3) is 0 Å². The van der Waals surface area contributed by atoms with E-state index < -0.39 is 0 Å². The molecule has 0 aliphatic carbocycles. The second kappa shape index (κ2) is 6.90. The van der Waals surface area contributed by atoms with Crippen LogP contribution in [0.5, 0.6) is 0 Å². The Morgan fingerprint density at radius 3 is 2.00 bits per heavy atom. The van der Waals surface area contributed by atoms with E-state index in [2.05, 4.69) is 39.2 Å². The van der Waals surface area contributed by atoms with Gasteiger partial charge >= 0.3 is 0 Å². The van der Waals surface area contributed by atoms with E-state index in [1.807, 2.05) is 12.2 Å². The highest BCUT2D eigenvalue weighted by Crippen LogP contribution is 2.08. The molecule has 0 heterocycles. The normalized spacial score (nSPS) is 15.4. The first-order valence-electron chi connectivity index (χ1n) is 5.09. The average Bonchev–Trinajstić information content (AvgIpc) is 2.04. The quantitative estimate of drug-likeness (QED) is 0.595. The van der Waals surface area contributed by atoms with Crippen molar-refractivity contribution in [2.24, 2.45) is 5.92 Å². The van der Waals surface area contributed by atoms with Crippen LogP contribution in [-0.4, -0.2) is 12.1 Å². The van der Waals surface area contributed by atoms with Crippen LogP contribution < -0.4 is 5.32 Å². The van der Waals surface area contributed by atoms with E-state index in [-0.39, 0.29) is 0 Å². The van der Waals surface area contributed by atoms with Crippen LogP contribution in [0.1, 0.15) is 33.6 Å². The molecule has 0 fully saturated rings. The highest BCUT2D eigenvalue weighted by Gasteiger charge is 2.12. The summed E-state index contributed by atoms with van der Waals surface area (Å²) in [6.07, 6.45) is 6.01. The van der Waals surface area contributed by atoms with Gasteiger partial charge in [-0.05, 0) is 25.7 Å². The fourth-order valence-electron chi connectivity index (χ4n) is 1.40. The van der Waals surface area contributed by atoms with Crippen molar-refractivity contribution in [1.29, 1.82) is 0 Å². The van der Waals surface area contributed by atoms with Crippen LogP contribution in [0.15, 0.2) is 25.3 Å². The molecule has 0 saturated heterocycles. The number of hydrogen-bond acceptors (Lipinski definition) is 1. The summed E-state index contributed by atoms with van der Waals surface area (Å²) in [6, 6.07) is 1.07. The highest BCUT2D eigenvalue weighted by molar-refractivity contribution is 4.84. The maximum Gasteiger partial charge on any atom is 0.0127 e. The molecular formula is C12H23N. The third-order valence-corrected chi connectivity index (χ3v) is 2.24. The highest BCUT2D eigenvalue weighted by atomic mass is 14.9. The molecule has 2 atom stereocenters.